The lowest BCUT2D eigenvalue weighted by molar-refractivity contribution is 0.0945. The van der Waals surface area contributed by atoms with Crippen molar-refractivity contribution in [3.63, 3.8) is 0 Å². The van der Waals surface area contributed by atoms with Crippen molar-refractivity contribution in [2.75, 3.05) is 0 Å². The van der Waals surface area contributed by atoms with E-state index in [1.54, 1.807) is 36.4 Å². The molecule has 1 N–H and O–H groups in total. The van der Waals surface area contributed by atoms with Crippen molar-refractivity contribution in [3.8, 4) is 6.07 Å². The van der Waals surface area contributed by atoms with Crippen LogP contribution in [0.2, 0.25) is 10.0 Å². The monoisotopic (exact) mass is 304 g/mol. The van der Waals surface area contributed by atoms with Crippen LogP contribution in [0, 0.1) is 11.3 Å². The summed E-state index contributed by atoms with van der Waals surface area (Å²) in [5.41, 5.74) is 0.955. The molecular formula is C15H10Cl2N2O. The third-order valence-corrected chi connectivity index (χ3v) is 3.28. The highest BCUT2D eigenvalue weighted by Gasteiger charge is 2.17. The summed E-state index contributed by atoms with van der Waals surface area (Å²) in [6.07, 6.45) is 0. The van der Waals surface area contributed by atoms with Gasteiger partial charge in [0.25, 0.3) is 5.91 Å². The summed E-state index contributed by atoms with van der Waals surface area (Å²) in [7, 11) is 0. The molecule has 0 radical (unpaired) electrons. The van der Waals surface area contributed by atoms with Crippen molar-refractivity contribution in [1.29, 1.82) is 5.26 Å². The predicted molar refractivity (Wildman–Crippen MR) is 78.7 cm³/mol. The molecule has 100 valence electrons. The highest BCUT2D eigenvalue weighted by Crippen LogP contribution is 2.21. The van der Waals surface area contributed by atoms with Gasteiger partial charge in [0, 0.05) is 5.02 Å². The van der Waals surface area contributed by atoms with E-state index in [4.69, 9.17) is 23.2 Å². The number of carbonyl (C=O) groups is 1. The lowest BCUT2D eigenvalue weighted by Gasteiger charge is -2.12. The van der Waals surface area contributed by atoms with Gasteiger partial charge in [-0.1, -0.05) is 53.5 Å². The first kappa shape index (κ1) is 14.4. The number of hydrogen-bond acceptors (Lipinski definition) is 2. The lowest BCUT2D eigenvalue weighted by Crippen LogP contribution is -2.27. The fourth-order valence-electron chi connectivity index (χ4n) is 1.72. The number of hydrogen-bond donors (Lipinski definition) is 1. The molecule has 0 aromatic heterocycles. The standard InChI is InChI=1S/C15H10Cl2N2O/c16-11-6-7-13(17)12(8-11)15(20)19-14(9-18)10-4-2-1-3-5-10/h1-8,14H,(H,19,20). The van der Waals surface area contributed by atoms with E-state index in [9.17, 15) is 10.1 Å². The maximum absolute atomic E-state index is 12.2. The molecule has 1 atom stereocenters. The normalized spacial score (nSPS) is 11.4. The minimum absolute atomic E-state index is 0.246. The summed E-state index contributed by atoms with van der Waals surface area (Å²) in [6, 6.07) is 14.9. The van der Waals surface area contributed by atoms with Crippen molar-refractivity contribution in [1.82, 2.24) is 5.32 Å². The first-order chi connectivity index (χ1) is 9.61. The summed E-state index contributed by atoms with van der Waals surface area (Å²) in [5, 5.41) is 12.5. The van der Waals surface area contributed by atoms with Crippen LogP contribution in [0.3, 0.4) is 0 Å². The van der Waals surface area contributed by atoms with E-state index in [-0.39, 0.29) is 10.6 Å². The van der Waals surface area contributed by atoms with E-state index in [1.807, 2.05) is 12.1 Å². The number of nitrogens with zero attached hydrogens (tertiary/aromatic N) is 1. The van der Waals surface area contributed by atoms with E-state index in [0.717, 1.165) is 0 Å². The van der Waals surface area contributed by atoms with Gasteiger partial charge in [0.05, 0.1) is 16.7 Å². The molecule has 0 aliphatic heterocycles. The smallest absolute Gasteiger partial charge is 0.254 e. The summed E-state index contributed by atoms with van der Waals surface area (Å²) in [6.45, 7) is 0. The Morgan fingerprint density at radius 2 is 1.85 bits per heavy atom. The van der Waals surface area contributed by atoms with Crippen LogP contribution in [-0.2, 0) is 0 Å². The Bertz CT molecular complexity index is 665. The van der Waals surface area contributed by atoms with Crippen LogP contribution >= 0.6 is 23.2 Å². The zero-order chi connectivity index (χ0) is 14.5. The molecule has 0 saturated heterocycles. The number of halogens is 2. The summed E-state index contributed by atoms with van der Waals surface area (Å²) >= 11 is 11.8. The molecule has 1 unspecified atom stereocenters. The summed E-state index contributed by atoms with van der Waals surface area (Å²) < 4.78 is 0. The van der Waals surface area contributed by atoms with Crippen LogP contribution in [0.5, 0.6) is 0 Å². The molecule has 20 heavy (non-hydrogen) atoms. The van der Waals surface area contributed by atoms with Gasteiger partial charge < -0.3 is 5.32 Å². The van der Waals surface area contributed by atoms with Crippen LogP contribution in [0.4, 0.5) is 0 Å². The van der Waals surface area contributed by atoms with Crippen LogP contribution in [0.15, 0.2) is 48.5 Å². The van der Waals surface area contributed by atoms with E-state index >= 15 is 0 Å². The van der Waals surface area contributed by atoms with Crippen LogP contribution in [0.1, 0.15) is 22.0 Å². The van der Waals surface area contributed by atoms with Crippen LogP contribution < -0.4 is 5.32 Å². The lowest BCUT2D eigenvalue weighted by atomic mass is 10.1. The van der Waals surface area contributed by atoms with Gasteiger partial charge in [-0.05, 0) is 23.8 Å². The molecule has 5 heteroatoms. The zero-order valence-corrected chi connectivity index (χ0v) is 11.8. The van der Waals surface area contributed by atoms with Gasteiger partial charge in [0.2, 0.25) is 0 Å². The Hall–Kier alpha value is -2.02. The Balaban J connectivity index is 2.22. The molecule has 0 fully saturated rings. The van der Waals surface area contributed by atoms with Crippen LogP contribution in [-0.4, -0.2) is 5.91 Å². The van der Waals surface area contributed by atoms with Crippen molar-refractivity contribution < 1.29 is 4.79 Å². The first-order valence-corrected chi connectivity index (χ1v) is 6.58. The number of nitriles is 1. The van der Waals surface area contributed by atoms with E-state index in [0.29, 0.717) is 10.6 Å². The minimum Gasteiger partial charge on any atom is -0.332 e. The molecule has 1 amide bonds. The van der Waals surface area contributed by atoms with E-state index in [2.05, 4.69) is 5.32 Å². The number of carbonyl (C=O) groups excluding carboxylic acids is 1. The topological polar surface area (TPSA) is 52.9 Å². The molecule has 0 aliphatic carbocycles. The van der Waals surface area contributed by atoms with Gasteiger partial charge in [0.1, 0.15) is 6.04 Å². The SMILES string of the molecule is N#CC(NC(=O)c1cc(Cl)ccc1Cl)c1ccccc1. The Morgan fingerprint density at radius 3 is 2.50 bits per heavy atom. The van der Waals surface area contributed by atoms with Gasteiger partial charge in [-0.25, -0.2) is 0 Å². The summed E-state index contributed by atoms with van der Waals surface area (Å²) in [5.74, 6) is -0.437. The molecule has 0 bridgehead atoms. The van der Waals surface area contributed by atoms with Gasteiger partial charge in [-0.2, -0.15) is 5.26 Å². The fraction of sp³-hybridized carbons (Fsp3) is 0.0667. The van der Waals surface area contributed by atoms with Crippen molar-refractivity contribution in [2.45, 2.75) is 6.04 Å². The van der Waals surface area contributed by atoms with Crippen molar-refractivity contribution in [3.05, 3.63) is 69.7 Å². The third kappa shape index (κ3) is 3.30. The maximum atomic E-state index is 12.2. The van der Waals surface area contributed by atoms with E-state index < -0.39 is 11.9 Å². The molecular weight excluding hydrogens is 295 g/mol. The predicted octanol–water partition coefficient (Wildman–Crippen LogP) is 3.99. The first-order valence-electron chi connectivity index (χ1n) is 5.82. The average molecular weight is 305 g/mol. The van der Waals surface area contributed by atoms with Gasteiger partial charge in [0.15, 0.2) is 0 Å². The van der Waals surface area contributed by atoms with Gasteiger partial charge >= 0.3 is 0 Å². The molecule has 0 aliphatic rings. The van der Waals surface area contributed by atoms with Crippen molar-refractivity contribution in [2.24, 2.45) is 0 Å². The third-order valence-electron chi connectivity index (χ3n) is 2.71. The molecule has 0 spiro atoms. The second kappa shape index (κ2) is 6.42. The molecule has 2 rings (SSSR count). The number of amides is 1. The molecule has 0 heterocycles. The van der Waals surface area contributed by atoms with E-state index in [1.165, 1.54) is 6.07 Å². The average Bonchev–Trinajstić information content (AvgIpc) is 2.48. The second-order valence-electron chi connectivity index (χ2n) is 4.07. The number of benzene rings is 2. The van der Waals surface area contributed by atoms with Gasteiger partial charge in [-0.15, -0.1) is 0 Å². The molecule has 3 nitrogen and oxygen atoms in total. The molecule has 0 saturated carbocycles. The zero-order valence-electron chi connectivity index (χ0n) is 10.3. The fourth-order valence-corrected chi connectivity index (χ4v) is 2.09. The Kier molecular flexibility index (Phi) is 4.62. The van der Waals surface area contributed by atoms with Gasteiger partial charge in [-0.3, -0.25) is 4.79 Å². The quantitative estimate of drug-likeness (QED) is 0.932. The van der Waals surface area contributed by atoms with Crippen LogP contribution in [0.25, 0.3) is 0 Å². The summed E-state index contributed by atoms with van der Waals surface area (Å²) in [4.78, 5) is 12.2. The highest BCUT2D eigenvalue weighted by molar-refractivity contribution is 6.35. The number of rotatable bonds is 3. The number of nitrogens with one attached hydrogen (secondary N) is 1. The van der Waals surface area contributed by atoms with Crippen molar-refractivity contribution >= 4 is 29.1 Å². The highest BCUT2D eigenvalue weighted by atomic mass is 35.5. The Morgan fingerprint density at radius 1 is 1.15 bits per heavy atom. The molecule has 2 aromatic rings. The maximum Gasteiger partial charge on any atom is 0.254 e. The second-order valence-corrected chi connectivity index (χ2v) is 4.91. The minimum atomic E-state index is -0.737. The molecule has 2 aromatic carbocycles. The largest absolute Gasteiger partial charge is 0.332 e. The Labute approximate surface area is 126 Å².